The molecule has 1 aliphatic rings. The highest BCUT2D eigenvalue weighted by atomic mass is 16.5. The van der Waals surface area contributed by atoms with Gasteiger partial charge in [0.15, 0.2) is 0 Å². The van der Waals surface area contributed by atoms with Gasteiger partial charge in [0.2, 0.25) is 17.7 Å². The van der Waals surface area contributed by atoms with Crippen LogP contribution in [0.2, 0.25) is 0 Å². The molecule has 17 heavy (non-hydrogen) atoms. The van der Waals surface area contributed by atoms with Gasteiger partial charge in [-0.05, 0) is 6.92 Å². The van der Waals surface area contributed by atoms with Crippen LogP contribution >= 0.6 is 0 Å². The Morgan fingerprint density at radius 1 is 1.29 bits per heavy atom. The Hall–Kier alpha value is -1.56. The molecular formula is C11H18N4O2. The third-order valence-corrected chi connectivity index (χ3v) is 2.74. The zero-order valence-corrected chi connectivity index (χ0v) is 10.4. The van der Waals surface area contributed by atoms with Crippen LogP contribution in [0.5, 0.6) is 11.8 Å². The van der Waals surface area contributed by atoms with E-state index >= 15 is 0 Å². The van der Waals surface area contributed by atoms with E-state index in [1.165, 1.54) is 0 Å². The number of nitrogens with one attached hydrogen (secondary N) is 1. The SMILES string of the molecule is COc1cc(OC)nc(N2CCNC(C)C2)n1. The molecule has 1 unspecified atom stereocenters. The van der Waals surface area contributed by atoms with Gasteiger partial charge in [-0.3, -0.25) is 0 Å². The van der Waals surface area contributed by atoms with Crippen LogP contribution in [0.4, 0.5) is 5.95 Å². The second-order valence-corrected chi connectivity index (χ2v) is 4.05. The van der Waals surface area contributed by atoms with Crippen molar-refractivity contribution >= 4 is 5.95 Å². The van der Waals surface area contributed by atoms with Crippen molar-refractivity contribution in [2.24, 2.45) is 0 Å². The van der Waals surface area contributed by atoms with Gasteiger partial charge in [0.25, 0.3) is 0 Å². The number of hydrogen-bond donors (Lipinski definition) is 1. The minimum absolute atomic E-state index is 0.435. The Morgan fingerprint density at radius 2 is 1.94 bits per heavy atom. The first-order chi connectivity index (χ1) is 8.22. The molecule has 94 valence electrons. The molecule has 0 radical (unpaired) electrons. The molecule has 6 nitrogen and oxygen atoms in total. The molecule has 6 heteroatoms. The monoisotopic (exact) mass is 238 g/mol. The van der Waals surface area contributed by atoms with Crippen LogP contribution in [0.25, 0.3) is 0 Å². The largest absolute Gasteiger partial charge is 0.481 e. The number of hydrogen-bond acceptors (Lipinski definition) is 6. The molecule has 0 bridgehead atoms. The standard InChI is InChI=1S/C11H18N4O2/c1-8-7-15(5-4-12-8)11-13-9(16-2)6-10(14-11)17-3/h6,8,12H,4-5,7H2,1-3H3. The lowest BCUT2D eigenvalue weighted by Gasteiger charge is -2.31. The van der Waals surface area contributed by atoms with E-state index < -0.39 is 0 Å². The minimum Gasteiger partial charge on any atom is -0.481 e. The van der Waals surface area contributed by atoms with Crippen LogP contribution in [0.15, 0.2) is 6.07 Å². The maximum absolute atomic E-state index is 5.14. The van der Waals surface area contributed by atoms with E-state index in [2.05, 4.69) is 27.1 Å². The minimum atomic E-state index is 0.435. The molecule has 2 rings (SSSR count). The van der Waals surface area contributed by atoms with Gasteiger partial charge < -0.3 is 19.7 Å². The first-order valence-corrected chi connectivity index (χ1v) is 5.68. The molecule has 0 saturated carbocycles. The highest BCUT2D eigenvalue weighted by Gasteiger charge is 2.19. The van der Waals surface area contributed by atoms with Gasteiger partial charge in [0.05, 0.1) is 20.3 Å². The van der Waals surface area contributed by atoms with Gasteiger partial charge in [-0.25, -0.2) is 0 Å². The predicted molar refractivity (Wildman–Crippen MR) is 64.8 cm³/mol. The molecule has 1 N–H and O–H groups in total. The van der Waals surface area contributed by atoms with E-state index in [0.29, 0.717) is 23.8 Å². The molecule has 1 saturated heterocycles. The Balaban J connectivity index is 2.23. The molecule has 1 aromatic heterocycles. The Bertz CT molecular complexity index is 363. The van der Waals surface area contributed by atoms with E-state index in [1.807, 2.05) is 0 Å². The molecule has 1 fully saturated rings. The predicted octanol–water partition coefficient (Wildman–Crippen LogP) is 0.292. The highest BCUT2D eigenvalue weighted by molar-refractivity contribution is 5.37. The smallest absolute Gasteiger partial charge is 0.232 e. The Kier molecular flexibility index (Phi) is 3.63. The summed E-state index contributed by atoms with van der Waals surface area (Å²) in [5, 5.41) is 3.38. The normalized spacial score (nSPS) is 20.2. The van der Waals surface area contributed by atoms with E-state index in [0.717, 1.165) is 19.6 Å². The number of aromatic nitrogens is 2. The van der Waals surface area contributed by atoms with Crippen molar-refractivity contribution in [1.29, 1.82) is 0 Å². The van der Waals surface area contributed by atoms with Gasteiger partial charge in [-0.15, -0.1) is 0 Å². The van der Waals surface area contributed by atoms with E-state index in [4.69, 9.17) is 9.47 Å². The first-order valence-electron chi connectivity index (χ1n) is 5.68. The number of piperazine rings is 1. The molecule has 0 amide bonds. The zero-order valence-electron chi connectivity index (χ0n) is 10.4. The summed E-state index contributed by atoms with van der Waals surface area (Å²) in [6.07, 6.45) is 0. The van der Waals surface area contributed by atoms with Crippen molar-refractivity contribution in [3.05, 3.63) is 6.07 Å². The molecule has 0 aliphatic carbocycles. The van der Waals surface area contributed by atoms with Crippen molar-refractivity contribution in [1.82, 2.24) is 15.3 Å². The van der Waals surface area contributed by atoms with Gasteiger partial charge in [0.1, 0.15) is 0 Å². The van der Waals surface area contributed by atoms with Crippen LogP contribution in [-0.4, -0.2) is 49.9 Å². The van der Waals surface area contributed by atoms with Crippen LogP contribution < -0.4 is 19.7 Å². The maximum atomic E-state index is 5.14. The van der Waals surface area contributed by atoms with Crippen LogP contribution in [-0.2, 0) is 0 Å². The second kappa shape index (κ2) is 5.18. The summed E-state index contributed by atoms with van der Waals surface area (Å²) in [6, 6.07) is 2.11. The number of methoxy groups -OCH3 is 2. The number of rotatable bonds is 3. The number of nitrogens with zero attached hydrogens (tertiary/aromatic N) is 3. The molecular weight excluding hydrogens is 220 g/mol. The van der Waals surface area contributed by atoms with E-state index in [9.17, 15) is 0 Å². The molecule has 0 aromatic carbocycles. The molecule has 0 spiro atoms. The summed E-state index contributed by atoms with van der Waals surface area (Å²) in [4.78, 5) is 10.8. The third kappa shape index (κ3) is 2.76. The Labute approximate surface area is 101 Å². The van der Waals surface area contributed by atoms with Crippen molar-refractivity contribution in [2.45, 2.75) is 13.0 Å². The summed E-state index contributed by atoms with van der Waals surface area (Å²) in [5.74, 6) is 1.71. The van der Waals surface area contributed by atoms with Crippen LogP contribution in [0.1, 0.15) is 6.92 Å². The lowest BCUT2D eigenvalue weighted by molar-refractivity contribution is 0.370. The highest BCUT2D eigenvalue weighted by Crippen LogP contribution is 2.20. The van der Waals surface area contributed by atoms with Crippen molar-refractivity contribution in [2.75, 3.05) is 38.8 Å². The molecule has 1 atom stereocenters. The van der Waals surface area contributed by atoms with Crippen molar-refractivity contribution in [3.8, 4) is 11.8 Å². The van der Waals surface area contributed by atoms with Gasteiger partial charge in [-0.1, -0.05) is 0 Å². The fraction of sp³-hybridized carbons (Fsp3) is 0.636. The van der Waals surface area contributed by atoms with Crippen LogP contribution in [0.3, 0.4) is 0 Å². The van der Waals surface area contributed by atoms with Crippen molar-refractivity contribution in [3.63, 3.8) is 0 Å². The van der Waals surface area contributed by atoms with Gasteiger partial charge in [-0.2, -0.15) is 9.97 Å². The number of ether oxygens (including phenoxy) is 2. The quantitative estimate of drug-likeness (QED) is 0.817. The maximum Gasteiger partial charge on any atom is 0.232 e. The summed E-state index contributed by atoms with van der Waals surface area (Å²) in [5.41, 5.74) is 0. The lowest BCUT2D eigenvalue weighted by Crippen LogP contribution is -2.49. The first kappa shape index (κ1) is 11.9. The molecule has 1 aromatic rings. The Morgan fingerprint density at radius 3 is 2.47 bits per heavy atom. The van der Waals surface area contributed by atoms with E-state index in [-0.39, 0.29) is 0 Å². The lowest BCUT2D eigenvalue weighted by atomic mass is 10.2. The summed E-state index contributed by atoms with van der Waals surface area (Å²) >= 11 is 0. The summed E-state index contributed by atoms with van der Waals surface area (Å²) in [6.45, 7) is 4.85. The topological polar surface area (TPSA) is 59.5 Å². The fourth-order valence-electron chi connectivity index (χ4n) is 1.86. The third-order valence-electron chi connectivity index (χ3n) is 2.74. The van der Waals surface area contributed by atoms with Gasteiger partial charge in [0, 0.05) is 25.7 Å². The second-order valence-electron chi connectivity index (χ2n) is 4.05. The van der Waals surface area contributed by atoms with Crippen molar-refractivity contribution < 1.29 is 9.47 Å². The summed E-state index contributed by atoms with van der Waals surface area (Å²) < 4.78 is 10.3. The molecule has 2 heterocycles. The number of anilines is 1. The average molecular weight is 238 g/mol. The van der Waals surface area contributed by atoms with Crippen LogP contribution in [0, 0.1) is 0 Å². The van der Waals surface area contributed by atoms with E-state index in [1.54, 1.807) is 20.3 Å². The molecule has 1 aliphatic heterocycles. The average Bonchev–Trinajstić information content (AvgIpc) is 2.38. The summed E-state index contributed by atoms with van der Waals surface area (Å²) in [7, 11) is 3.18. The zero-order chi connectivity index (χ0) is 12.3. The van der Waals surface area contributed by atoms with Gasteiger partial charge >= 0.3 is 0 Å². The fourth-order valence-corrected chi connectivity index (χ4v) is 1.86.